The molecule has 0 aromatic rings. The molecule has 0 saturated carbocycles. The van der Waals surface area contributed by atoms with E-state index >= 15 is 0 Å². The highest BCUT2D eigenvalue weighted by Gasteiger charge is 2.08. The first-order valence-electron chi connectivity index (χ1n) is 5.23. The molecule has 0 bridgehead atoms. The van der Waals surface area contributed by atoms with Gasteiger partial charge in [0.05, 0.1) is 6.54 Å². The van der Waals surface area contributed by atoms with Crippen LogP contribution < -0.4 is 0 Å². The predicted octanol–water partition coefficient (Wildman–Crippen LogP) is 3.02. The third-order valence-electron chi connectivity index (χ3n) is 2.44. The normalized spacial score (nSPS) is 14.2. The third-order valence-corrected chi connectivity index (χ3v) is 2.44. The minimum atomic E-state index is 0.460. The average Bonchev–Trinajstić information content (AvgIpc) is 2.24. The lowest BCUT2D eigenvalue weighted by Crippen LogP contribution is -2.29. The van der Waals surface area contributed by atoms with E-state index in [1.807, 2.05) is 6.08 Å². The van der Waals surface area contributed by atoms with Gasteiger partial charge >= 0.3 is 0 Å². The van der Waals surface area contributed by atoms with Crippen molar-refractivity contribution in [3.05, 3.63) is 36.5 Å². The van der Waals surface area contributed by atoms with Crippen LogP contribution in [0.2, 0.25) is 0 Å². The second-order valence-corrected chi connectivity index (χ2v) is 3.63. The third kappa shape index (κ3) is 5.93. The maximum atomic E-state index is 5.28. The van der Waals surface area contributed by atoms with Crippen molar-refractivity contribution in [3.63, 3.8) is 0 Å². The van der Waals surface area contributed by atoms with Crippen LogP contribution in [0.15, 0.2) is 36.5 Å². The average molecular weight is 203 g/mol. The summed E-state index contributed by atoms with van der Waals surface area (Å²) in [7, 11) is 2.05. The molecular weight excluding hydrogens is 182 g/mol. The molecule has 0 aliphatic rings. The summed E-state index contributed by atoms with van der Waals surface area (Å²) >= 11 is 0. The van der Waals surface area contributed by atoms with Crippen LogP contribution >= 0.6 is 0 Å². The zero-order chi connectivity index (χ0) is 11.7. The molecule has 0 N–H and O–H groups in total. The van der Waals surface area contributed by atoms with Crippen molar-refractivity contribution in [2.24, 2.45) is 0 Å². The van der Waals surface area contributed by atoms with Crippen LogP contribution in [-0.4, -0.2) is 24.5 Å². The summed E-state index contributed by atoms with van der Waals surface area (Å²) in [6.07, 6.45) is 14.3. The predicted molar refractivity (Wildman–Crippen MR) is 68.6 cm³/mol. The fourth-order valence-electron chi connectivity index (χ4n) is 1.27. The van der Waals surface area contributed by atoms with Gasteiger partial charge in [-0.05, 0) is 27.3 Å². The van der Waals surface area contributed by atoms with Gasteiger partial charge in [0, 0.05) is 6.04 Å². The molecule has 0 amide bonds. The minimum Gasteiger partial charge on any atom is -0.292 e. The molecule has 1 atom stereocenters. The van der Waals surface area contributed by atoms with Crippen molar-refractivity contribution in [1.29, 1.82) is 0 Å². The van der Waals surface area contributed by atoms with Gasteiger partial charge in [-0.15, -0.1) is 6.42 Å². The van der Waals surface area contributed by atoms with Gasteiger partial charge in [-0.25, -0.2) is 0 Å². The topological polar surface area (TPSA) is 3.24 Å². The Hall–Kier alpha value is -1.26. The number of terminal acetylenes is 1. The monoisotopic (exact) mass is 203 g/mol. The number of allylic oxidation sites excluding steroid dienone is 4. The lowest BCUT2D eigenvalue weighted by molar-refractivity contribution is 0.288. The Balaban J connectivity index is 4.25. The van der Waals surface area contributed by atoms with E-state index in [1.165, 1.54) is 5.57 Å². The highest BCUT2D eigenvalue weighted by atomic mass is 15.1. The quantitative estimate of drug-likeness (QED) is 0.474. The highest BCUT2D eigenvalue weighted by molar-refractivity contribution is 5.21. The van der Waals surface area contributed by atoms with Gasteiger partial charge < -0.3 is 0 Å². The first-order chi connectivity index (χ1) is 7.15. The smallest absolute Gasteiger partial charge is 0.0598 e. The van der Waals surface area contributed by atoms with Crippen LogP contribution in [0, 0.1) is 12.3 Å². The minimum absolute atomic E-state index is 0.460. The van der Waals surface area contributed by atoms with E-state index in [2.05, 4.69) is 50.4 Å². The molecule has 0 aliphatic heterocycles. The van der Waals surface area contributed by atoms with Crippen molar-refractivity contribution in [2.45, 2.75) is 26.3 Å². The first kappa shape index (κ1) is 13.7. The number of rotatable bonds is 6. The zero-order valence-corrected chi connectivity index (χ0v) is 10.0. The van der Waals surface area contributed by atoms with E-state index < -0.39 is 0 Å². The fourth-order valence-corrected chi connectivity index (χ4v) is 1.27. The van der Waals surface area contributed by atoms with Crippen LogP contribution in [0.4, 0.5) is 0 Å². The van der Waals surface area contributed by atoms with Crippen LogP contribution in [0.3, 0.4) is 0 Å². The Labute approximate surface area is 94.2 Å². The molecule has 0 aliphatic carbocycles. The molecule has 0 radical (unpaired) electrons. The molecule has 1 nitrogen and oxygen atoms in total. The van der Waals surface area contributed by atoms with Crippen molar-refractivity contribution < 1.29 is 0 Å². The number of hydrogen-bond donors (Lipinski definition) is 0. The molecule has 82 valence electrons. The maximum Gasteiger partial charge on any atom is 0.0598 e. The zero-order valence-electron chi connectivity index (χ0n) is 10.0. The van der Waals surface area contributed by atoms with Gasteiger partial charge in [0.25, 0.3) is 0 Å². The summed E-state index contributed by atoms with van der Waals surface area (Å²) in [4.78, 5) is 2.17. The molecule has 0 fully saturated rings. The molecule has 0 rings (SSSR count). The molecule has 0 aromatic carbocycles. The lowest BCUT2D eigenvalue weighted by atomic mass is 10.1. The van der Waals surface area contributed by atoms with Crippen LogP contribution in [-0.2, 0) is 0 Å². The van der Waals surface area contributed by atoms with Crippen LogP contribution in [0.25, 0.3) is 0 Å². The van der Waals surface area contributed by atoms with Crippen molar-refractivity contribution in [1.82, 2.24) is 4.90 Å². The SMILES string of the molecule is C#CCN(C)C(C)CC(/C=C\C=C)=C/C. The van der Waals surface area contributed by atoms with E-state index in [-0.39, 0.29) is 0 Å². The molecular formula is C14H21N. The molecule has 1 unspecified atom stereocenters. The van der Waals surface area contributed by atoms with Gasteiger partial charge in [-0.2, -0.15) is 0 Å². The summed E-state index contributed by atoms with van der Waals surface area (Å²) < 4.78 is 0. The second kappa shape index (κ2) is 8.08. The number of nitrogens with zero attached hydrogens (tertiary/aromatic N) is 1. The van der Waals surface area contributed by atoms with E-state index in [0.717, 1.165) is 6.42 Å². The molecule has 0 spiro atoms. The molecule has 0 aromatic heterocycles. The summed E-state index contributed by atoms with van der Waals surface area (Å²) in [6.45, 7) is 8.59. The van der Waals surface area contributed by atoms with E-state index in [9.17, 15) is 0 Å². The van der Waals surface area contributed by atoms with Gasteiger partial charge in [0.15, 0.2) is 0 Å². The number of hydrogen-bond acceptors (Lipinski definition) is 1. The Morgan fingerprint density at radius 1 is 1.60 bits per heavy atom. The standard InChI is InChI=1S/C14H21N/c1-6-9-10-14(8-3)12-13(4)15(5)11-7-2/h2,6,8-10,13H,1,11-12H2,3-5H3/b10-9-,14-8+. The second-order valence-electron chi connectivity index (χ2n) is 3.63. The molecule has 15 heavy (non-hydrogen) atoms. The van der Waals surface area contributed by atoms with Gasteiger partial charge in [-0.3, -0.25) is 4.90 Å². The first-order valence-corrected chi connectivity index (χ1v) is 5.23. The Morgan fingerprint density at radius 2 is 2.27 bits per heavy atom. The molecule has 1 heteroatoms. The van der Waals surface area contributed by atoms with E-state index in [0.29, 0.717) is 12.6 Å². The molecule has 0 heterocycles. The highest BCUT2D eigenvalue weighted by Crippen LogP contribution is 2.11. The maximum absolute atomic E-state index is 5.28. The summed E-state index contributed by atoms with van der Waals surface area (Å²) in [6, 6.07) is 0.460. The molecule has 0 saturated heterocycles. The Morgan fingerprint density at radius 3 is 2.73 bits per heavy atom. The lowest BCUT2D eigenvalue weighted by Gasteiger charge is -2.22. The van der Waals surface area contributed by atoms with Gasteiger partial charge in [-0.1, -0.05) is 42.4 Å². The fraction of sp³-hybridized carbons (Fsp3) is 0.429. The van der Waals surface area contributed by atoms with Crippen molar-refractivity contribution in [3.8, 4) is 12.3 Å². The summed E-state index contributed by atoms with van der Waals surface area (Å²) in [5.74, 6) is 2.66. The van der Waals surface area contributed by atoms with E-state index in [4.69, 9.17) is 6.42 Å². The van der Waals surface area contributed by atoms with Gasteiger partial charge in [0.2, 0.25) is 0 Å². The Bertz CT molecular complexity index is 278. The van der Waals surface area contributed by atoms with E-state index in [1.54, 1.807) is 6.08 Å². The van der Waals surface area contributed by atoms with Crippen LogP contribution in [0.1, 0.15) is 20.3 Å². The largest absolute Gasteiger partial charge is 0.292 e. The van der Waals surface area contributed by atoms with Crippen molar-refractivity contribution >= 4 is 0 Å². The van der Waals surface area contributed by atoms with Gasteiger partial charge in [0.1, 0.15) is 0 Å². The Kier molecular flexibility index (Phi) is 7.40. The summed E-state index contributed by atoms with van der Waals surface area (Å²) in [5, 5.41) is 0. The van der Waals surface area contributed by atoms with Crippen molar-refractivity contribution in [2.75, 3.05) is 13.6 Å². The summed E-state index contributed by atoms with van der Waals surface area (Å²) in [5.41, 5.74) is 1.31. The van der Waals surface area contributed by atoms with Crippen LogP contribution in [0.5, 0.6) is 0 Å².